The molecular formula is C14H10BrClO. The van der Waals surface area contributed by atoms with Gasteiger partial charge in [-0.25, -0.2) is 0 Å². The molecule has 1 nitrogen and oxygen atoms in total. The number of ketones is 1. The lowest BCUT2D eigenvalue weighted by Crippen LogP contribution is -2.08. The van der Waals surface area contributed by atoms with Crippen LogP contribution in [0.2, 0.25) is 0 Å². The Labute approximate surface area is 114 Å². The molecule has 17 heavy (non-hydrogen) atoms. The van der Waals surface area contributed by atoms with E-state index in [0.717, 1.165) is 10.0 Å². The second kappa shape index (κ2) is 5.48. The van der Waals surface area contributed by atoms with Crippen LogP contribution in [0, 0.1) is 0 Å². The molecule has 0 saturated heterocycles. The van der Waals surface area contributed by atoms with Crippen molar-refractivity contribution in [3.8, 4) is 0 Å². The van der Waals surface area contributed by atoms with Gasteiger partial charge in [-0.15, -0.1) is 11.6 Å². The van der Waals surface area contributed by atoms with Gasteiger partial charge in [0.1, 0.15) is 5.38 Å². The molecule has 0 aliphatic carbocycles. The van der Waals surface area contributed by atoms with Crippen LogP contribution in [-0.2, 0) is 0 Å². The number of carbonyl (C=O) groups is 1. The van der Waals surface area contributed by atoms with Crippen molar-refractivity contribution in [1.82, 2.24) is 0 Å². The average Bonchev–Trinajstić information content (AvgIpc) is 2.39. The van der Waals surface area contributed by atoms with Gasteiger partial charge in [0.15, 0.2) is 5.78 Å². The van der Waals surface area contributed by atoms with E-state index in [0.29, 0.717) is 5.56 Å². The lowest BCUT2D eigenvalue weighted by molar-refractivity contribution is 0.0986. The van der Waals surface area contributed by atoms with Crippen molar-refractivity contribution in [3.05, 3.63) is 70.2 Å². The molecule has 0 aliphatic heterocycles. The van der Waals surface area contributed by atoms with Crippen molar-refractivity contribution in [2.75, 3.05) is 0 Å². The molecule has 0 radical (unpaired) electrons. The van der Waals surface area contributed by atoms with Crippen molar-refractivity contribution >= 4 is 33.3 Å². The van der Waals surface area contributed by atoms with Gasteiger partial charge >= 0.3 is 0 Å². The summed E-state index contributed by atoms with van der Waals surface area (Å²) in [6.45, 7) is 0. The standard InChI is InChI=1S/C14H10BrClO/c15-12-9-5-4-8-11(12)14(17)13(16)10-6-2-1-3-7-10/h1-9,13H. The molecule has 1 atom stereocenters. The summed E-state index contributed by atoms with van der Waals surface area (Å²) < 4.78 is 0.770. The van der Waals surface area contributed by atoms with Gasteiger partial charge in [-0.05, 0) is 11.6 Å². The first kappa shape index (κ1) is 12.3. The minimum Gasteiger partial charge on any atom is -0.292 e. The molecule has 0 spiro atoms. The molecule has 0 bridgehead atoms. The van der Waals surface area contributed by atoms with Crippen molar-refractivity contribution < 1.29 is 4.79 Å². The summed E-state index contributed by atoms with van der Waals surface area (Å²) >= 11 is 9.55. The zero-order valence-corrected chi connectivity index (χ0v) is 11.3. The van der Waals surface area contributed by atoms with E-state index in [1.807, 2.05) is 48.5 Å². The van der Waals surface area contributed by atoms with Crippen LogP contribution in [-0.4, -0.2) is 5.78 Å². The summed E-state index contributed by atoms with van der Waals surface area (Å²) in [6.07, 6.45) is 0. The third-order valence-corrected chi connectivity index (χ3v) is 3.60. The van der Waals surface area contributed by atoms with Crippen molar-refractivity contribution in [2.45, 2.75) is 5.38 Å². The normalized spacial score (nSPS) is 12.1. The maximum absolute atomic E-state index is 12.2. The first-order chi connectivity index (χ1) is 8.20. The number of rotatable bonds is 3. The minimum atomic E-state index is -0.644. The minimum absolute atomic E-state index is 0.0923. The lowest BCUT2D eigenvalue weighted by Gasteiger charge is -2.09. The predicted molar refractivity (Wildman–Crippen MR) is 73.5 cm³/mol. The molecule has 0 amide bonds. The van der Waals surface area contributed by atoms with Crippen molar-refractivity contribution in [2.24, 2.45) is 0 Å². The fourth-order valence-electron chi connectivity index (χ4n) is 1.57. The third kappa shape index (κ3) is 2.76. The van der Waals surface area contributed by atoms with Crippen molar-refractivity contribution in [1.29, 1.82) is 0 Å². The first-order valence-electron chi connectivity index (χ1n) is 5.18. The molecule has 86 valence electrons. The van der Waals surface area contributed by atoms with Crippen LogP contribution in [0.25, 0.3) is 0 Å². The first-order valence-corrected chi connectivity index (χ1v) is 6.41. The lowest BCUT2D eigenvalue weighted by atomic mass is 10.0. The highest BCUT2D eigenvalue weighted by Gasteiger charge is 2.20. The van der Waals surface area contributed by atoms with Crippen LogP contribution in [0.4, 0.5) is 0 Å². The van der Waals surface area contributed by atoms with Gasteiger partial charge in [-0.3, -0.25) is 4.79 Å². The molecule has 0 fully saturated rings. The Kier molecular flexibility index (Phi) is 3.97. The number of Topliss-reactive ketones (excluding diaryl/α,β-unsaturated/α-hetero) is 1. The summed E-state index contributed by atoms with van der Waals surface area (Å²) in [5.74, 6) is -0.0923. The fourth-order valence-corrected chi connectivity index (χ4v) is 2.31. The molecule has 0 aliphatic rings. The van der Waals surface area contributed by atoms with Gasteiger partial charge in [0.05, 0.1) is 0 Å². The summed E-state index contributed by atoms with van der Waals surface area (Å²) in [4.78, 5) is 12.2. The summed E-state index contributed by atoms with van der Waals surface area (Å²) in [7, 11) is 0. The largest absolute Gasteiger partial charge is 0.292 e. The molecule has 2 aromatic rings. The second-order valence-corrected chi connectivity index (χ2v) is 4.91. The van der Waals surface area contributed by atoms with Gasteiger partial charge in [-0.1, -0.05) is 64.5 Å². The highest BCUT2D eigenvalue weighted by atomic mass is 79.9. The molecular weight excluding hydrogens is 300 g/mol. The van der Waals surface area contributed by atoms with E-state index in [4.69, 9.17) is 11.6 Å². The monoisotopic (exact) mass is 308 g/mol. The SMILES string of the molecule is O=C(c1ccccc1Br)C(Cl)c1ccccc1. The number of benzene rings is 2. The Balaban J connectivity index is 2.30. The van der Waals surface area contributed by atoms with Gasteiger partial charge in [-0.2, -0.15) is 0 Å². The van der Waals surface area contributed by atoms with Gasteiger partial charge in [0, 0.05) is 10.0 Å². The number of alkyl halides is 1. The number of halogens is 2. The number of hydrogen-bond donors (Lipinski definition) is 0. The fraction of sp³-hybridized carbons (Fsp3) is 0.0714. The number of hydrogen-bond acceptors (Lipinski definition) is 1. The summed E-state index contributed by atoms with van der Waals surface area (Å²) in [5.41, 5.74) is 1.42. The van der Waals surface area contributed by atoms with Crippen LogP contribution in [0.15, 0.2) is 59.1 Å². The highest BCUT2D eigenvalue weighted by Crippen LogP contribution is 2.28. The molecule has 0 N–H and O–H groups in total. The van der Waals surface area contributed by atoms with E-state index in [1.165, 1.54) is 0 Å². The van der Waals surface area contributed by atoms with E-state index in [-0.39, 0.29) is 5.78 Å². The Hall–Kier alpha value is -1.12. The smallest absolute Gasteiger partial charge is 0.186 e. The molecule has 2 rings (SSSR count). The quantitative estimate of drug-likeness (QED) is 0.597. The number of carbonyl (C=O) groups excluding carboxylic acids is 1. The summed E-state index contributed by atoms with van der Waals surface area (Å²) in [5, 5.41) is -0.644. The topological polar surface area (TPSA) is 17.1 Å². The van der Waals surface area contributed by atoms with Crippen LogP contribution in [0.5, 0.6) is 0 Å². The van der Waals surface area contributed by atoms with Gasteiger partial charge < -0.3 is 0 Å². The van der Waals surface area contributed by atoms with Crippen LogP contribution < -0.4 is 0 Å². The molecule has 3 heteroatoms. The molecule has 2 aromatic carbocycles. The Morgan fingerprint density at radius 3 is 2.24 bits per heavy atom. The van der Waals surface area contributed by atoms with E-state index in [1.54, 1.807) is 6.07 Å². The van der Waals surface area contributed by atoms with Gasteiger partial charge in [0.2, 0.25) is 0 Å². The van der Waals surface area contributed by atoms with Crippen LogP contribution in [0.3, 0.4) is 0 Å². The highest BCUT2D eigenvalue weighted by molar-refractivity contribution is 9.10. The molecule has 0 heterocycles. The maximum Gasteiger partial charge on any atom is 0.186 e. The maximum atomic E-state index is 12.2. The molecule has 0 saturated carbocycles. The summed E-state index contributed by atoms with van der Waals surface area (Å²) in [6, 6.07) is 16.6. The zero-order chi connectivity index (χ0) is 12.3. The Bertz CT molecular complexity index is 525. The van der Waals surface area contributed by atoms with E-state index in [2.05, 4.69) is 15.9 Å². The Morgan fingerprint density at radius 2 is 1.59 bits per heavy atom. The van der Waals surface area contributed by atoms with Crippen LogP contribution >= 0.6 is 27.5 Å². The Morgan fingerprint density at radius 1 is 1.00 bits per heavy atom. The van der Waals surface area contributed by atoms with Gasteiger partial charge in [0.25, 0.3) is 0 Å². The third-order valence-electron chi connectivity index (χ3n) is 2.46. The zero-order valence-electron chi connectivity index (χ0n) is 8.94. The van der Waals surface area contributed by atoms with E-state index >= 15 is 0 Å². The molecule has 0 aromatic heterocycles. The van der Waals surface area contributed by atoms with E-state index in [9.17, 15) is 4.79 Å². The van der Waals surface area contributed by atoms with Crippen molar-refractivity contribution in [3.63, 3.8) is 0 Å². The van der Waals surface area contributed by atoms with Crippen LogP contribution in [0.1, 0.15) is 21.3 Å². The second-order valence-electron chi connectivity index (χ2n) is 3.62. The molecule has 1 unspecified atom stereocenters. The average molecular weight is 310 g/mol. The van der Waals surface area contributed by atoms with E-state index < -0.39 is 5.38 Å². The predicted octanol–water partition coefficient (Wildman–Crippen LogP) is 4.61.